The molecule has 0 aliphatic carbocycles. The topological polar surface area (TPSA) is 40.7 Å². The average Bonchev–Trinajstić information content (AvgIpc) is 2.78. The first-order chi connectivity index (χ1) is 8.05. The van der Waals surface area contributed by atoms with Gasteiger partial charge >= 0.3 is 6.18 Å². The highest BCUT2D eigenvalue weighted by Gasteiger charge is 2.31. The van der Waals surface area contributed by atoms with E-state index in [0.717, 1.165) is 11.8 Å². The molecule has 0 bridgehead atoms. The van der Waals surface area contributed by atoms with E-state index in [1.807, 2.05) is 12.1 Å². The minimum atomic E-state index is -4.39. The summed E-state index contributed by atoms with van der Waals surface area (Å²) < 4.78 is 36.7. The van der Waals surface area contributed by atoms with Gasteiger partial charge in [-0.05, 0) is 24.3 Å². The molecule has 90 valence electrons. The minimum absolute atomic E-state index is 0.514. The van der Waals surface area contributed by atoms with Crippen LogP contribution in [0.25, 0.3) is 0 Å². The monoisotopic (exact) mass is 241 g/mol. The lowest BCUT2D eigenvalue weighted by Crippen LogP contribution is -2.08. The maximum atomic E-state index is 12.2. The molecule has 0 aromatic carbocycles. The van der Waals surface area contributed by atoms with Crippen LogP contribution in [-0.2, 0) is 12.7 Å². The second-order valence-corrected chi connectivity index (χ2v) is 3.48. The van der Waals surface area contributed by atoms with Crippen molar-refractivity contribution in [2.24, 2.45) is 0 Å². The summed E-state index contributed by atoms with van der Waals surface area (Å²) in [5.74, 6) is 0. The van der Waals surface area contributed by atoms with Gasteiger partial charge in [-0.25, -0.2) is 4.98 Å². The third-order valence-electron chi connectivity index (χ3n) is 2.20. The third-order valence-corrected chi connectivity index (χ3v) is 2.20. The molecule has 17 heavy (non-hydrogen) atoms. The number of hydrogen-bond donors (Lipinski definition) is 2. The molecule has 0 spiro atoms. The van der Waals surface area contributed by atoms with Crippen LogP contribution < -0.4 is 5.32 Å². The summed E-state index contributed by atoms with van der Waals surface area (Å²) in [6.07, 6.45) is -1.44. The van der Waals surface area contributed by atoms with Crippen molar-refractivity contribution in [2.45, 2.75) is 12.7 Å². The molecule has 2 rings (SSSR count). The molecule has 0 aliphatic rings. The number of anilines is 1. The van der Waals surface area contributed by atoms with Gasteiger partial charge in [-0.15, -0.1) is 0 Å². The van der Waals surface area contributed by atoms with Crippen LogP contribution in [0, 0.1) is 0 Å². The summed E-state index contributed by atoms with van der Waals surface area (Å²) >= 11 is 0. The number of aromatic nitrogens is 2. The van der Waals surface area contributed by atoms with Gasteiger partial charge in [0.1, 0.15) is 5.69 Å². The van der Waals surface area contributed by atoms with Crippen LogP contribution in [0.2, 0.25) is 0 Å². The van der Waals surface area contributed by atoms with Crippen molar-refractivity contribution in [3.05, 3.63) is 48.0 Å². The van der Waals surface area contributed by atoms with E-state index in [0.29, 0.717) is 12.2 Å². The van der Waals surface area contributed by atoms with E-state index in [2.05, 4.69) is 15.3 Å². The van der Waals surface area contributed by atoms with E-state index in [-0.39, 0.29) is 0 Å². The largest absolute Gasteiger partial charge is 0.433 e. The Morgan fingerprint density at radius 2 is 2.06 bits per heavy atom. The van der Waals surface area contributed by atoms with Gasteiger partial charge in [0, 0.05) is 11.9 Å². The number of nitrogens with zero attached hydrogens (tertiary/aromatic N) is 1. The molecule has 0 radical (unpaired) electrons. The lowest BCUT2D eigenvalue weighted by molar-refractivity contribution is -0.141. The molecule has 0 saturated heterocycles. The molecule has 0 fully saturated rings. The summed E-state index contributed by atoms with van der Waals surface area (Å²) in [6.45, 7) is 0.514. The smallest absolute Gasteiger partial charge is 0.378 e. The Bertz CT molecular complexity index is 460. The fourth-order valence-electron chi connectivity index (χ4n) is 1.34. The summed E-state index contributed by atoms with van der Waals surface area (Å²) in [5, 5.41) is 2.96. The second kappa shape index (κ2) is 4.48. The Labute approximate surface area is 95.7 Å². The van der Waals surface area contributed by atoms with Gasteiger partial charge < -0.3 is 10.3 Å². The van der Waals surface area contributed by atoms with Crippen molar-refractivity contribution < 1.29 is 13.2 Å². The number of hydrogen-bond acceptors (Lipinski definition) is 2. The van der Waals surface area contributed by atoms with Crippen LogP contribution in [-0.4, -0.2) is 9.97 Å². The second-order valence-electron chi connectivity index (χ2n) is 3.48. The Balaban J connectivity index is 1.99. The van der Waals surface area contributed by atoms with Crippen molar-refractivity contribution >= 4 is 5.69 Å². The Morgan fingerprint density at radius 3 is 2.59 bits per heavy atom. The summed E-state index contributed by atoms with van der Waals surface area (Å²) in [6, 6.07) is 6.04. The fourth-order valence-corrected chi connectivity index (χ4v) is 1.34. The van der Waals surface area contributed by atoms with Gasteiger partial charge in [0.15, 0.2) is 0 Å². The van der Waals surface area contributed by atoms with E-state index in [1.54, 1.807) is 6.20 Å². The SMILES string of the molecule is FC(F)(F)c1ccc(NCc2ccc[nH]2)cn1. The Kier molecular flexibility index (Phi) is 3.03. The third kappa shape index (κ3) is 2.99. The molecule has 2 aromatic rings. The summed E-state index contributed by atoms with van der Waals surface area (Å²) in [4.78, 5) is 6.33. The van der Waals surface area contributed by atoms with Crippen molar-refractivity contribution in [2.75, 3.05) is 5.32 Å². The van der Waals surface area contributed by atoms with Gasteiger partial charge in [-0.1, -0.05) is 0 Å². The number of nitrogens with one attached hydrogen (secondary N) is 2. The zero-order valence-electron chi connectivity index (χ0n) is 8.75. The van der Waals surface area contributed by atoms with Crippen LogP contribution in [0.5, 0.6) is 0 Å². The number of aromatic amines is 1. The molecule has 2 N–H and O–H groups in total. The van der Waals surface area contributed by atoms with Gasteiger partial charge in [0.2, 0.25) is 0 Å². The van der Waals surface area contributed by atoms with E-state index in [4.69, 9.17) is 0 Å². The van der Waals surface area contributed by atoms with E-state index < -0.39 is 11.9 Å². The highest BCUT2D eigenvalue weighted by molar-refractivity contribution is 5.41. The van der Waals surface area contributed by atoms with Crippen molar-refractivity contribution in [3.8, 4) is 0 Å². The number of pyridine rings is 1. The molecule has 0 unspecified atom stereocenters. The van der Waals surface area contributed by atoms with Crippen LogP contribution in [0.1, 0.15) is 11.4 Å². The van der Waals surface area contributed by atoms with Crippen molar-refractivity contribution in [1.82, 2.24) is 9.97 Å². The normalized spacial score (nSPS) is 11.5. The fraction of sp³-hybridized carbons (Fsp3) is 0.182. The molecule has 0 atom stereocenters. The quantitative estimate of drug-likeness (QED) is 0.867. The standard InChI is InChI=1S/C11H10F3N3/c12-11(13,14)10-4-3-9(7-17-10)16-6-8-2-1-5-15-8/h1-5,7,15-16H,6H2. The molecule has 2 aromatic heterocycles. The molecular formula is C11H10F3N3. The number of rotatable bonds is 3. The average molecular weight is 241 g/mol. The Morgan fingerprint density at radius 1 is 1.24 bits per heavy atom. The number of alkyl halides is 3. The first-order valence-electron chi connectivity index (χ1n) is 4.95. The summed E-state index contributed by atoms with van der Waals surface area (Å²) in [7, 11) is 0. The highest BCUT2D eigenvalue weighted by atomic mass is 19.4. The lowest BCUT2D eigenvalue weighted by atomic mass is 10.3. The highest BCUT2D eigenvalue weighted by Crippen LogP contribution is 2.27. The van der Waals surface area contributed by atoms with Gasteiger partial charge in [-0.2, -0.15) is 13.2 Å². The van der Waals surface area contributed by atoms with Crippen LogP contribution in [0.3, 0.4) is 0 Å². The number of halogens is 3. The molecular weight excluding hydrogens is 231 g/mol. The maximum Gasteiger partial charge on any atom is 0.433 e. The van der Waals surface area contributed by atoms with Crippen LogP contribution in [0.4, 0.5) is 18.9 Å². The van der Waals surface area contributed by atoms with Crippen LogP contribution in [0.15, 0.2) is 36.7 Å². The molecule has 0 aliphatic heterocycles. The first kappa shape index (κ1) is 11.5. The zero-order valence-corrected chi connectivity index (χ0v) is 8.75. The molecule has 2 heterocycles. The van der Waals surface area contributed by atoms with Crippen LogP contribution >= 0.6 is 0 Å². The predicted octanol–water partition coefficient (Wildman–Crippen LogP) is 3.04. The van der Waals surface area contributed by atoms with Gasteiger partial charge in [0.05, 0.1) is 18.4 Å². The molecule has 0 saturated carbocycles. The molecule has 3 nitrogen and oxygen atoms in total. The summed E-state index contributed by atoms with van der Waals surface area (Å²) in [5.41, 5.74) is 0.612. The van der Waals surface area contributed by atoms with Gasteiger partial charge in [-0.3, -0.25) is 0 Å². The predicted molar refractivity (Wildman–Crippen MR) is 57.4 cm³/mol. The first-order valence-corrected chi connectivity index (χ1v) is 4.95. The van der Waals surface area contributed by atoms with Gasteiger partial charge in [0.25, 0.3) is 0 Å². The van der Waals surface area contributed by atoms with Crippen molar-refractivity contribution in [1.29, 1.82) is 0 Å². The maximum absolute atomic E-state index is 12.2. The molecule has 0 amide bonds. The van der Waals surface area contributed by atoms with E-state index in [1.165, 1.54) is 12.3 Å². The van der Waals surface area contributed by atoms with E-state index >= 15 is 0 Å². The Hall–Kier alpha value is -1.98. The van der Waals surface area contributed by atoms with Crippen molar-refractivity contribution in [3.63, 3.8) is 0 Å². The number of H-pyrrole nitrogens is 1. The van der Waals surface area contributed by atoms with E-state index in [9.17, 15) is 13.2 Å². The zero-order chi connectivity index (χ0) is 12.3. The minimum Gasteiger partial charge on any atom is -0.378 e. The lowest BCUT2D eigenvalue weighted by Gasteiger charge is -2.07. The molecule has 6 heteroatoms.